The third-order valence-electron chi connectivity index (χ3n) is 4.17. The van der Waals surface area contributed by atoms with Crippen LogP contribution in [0.3, 0.4) is 0 Å². The van der Waals surface area contributed by atoms with Crippen LogP contribution in [-0.2, 0) is 0 Å². The highest BCUT2D eigenvalue weighted by molar-refractivity contribution is 9.10. The summed E-state index contributed by atoms with van der Waals surface area (Å²) in [4.78, 5) is 6.75. The van der Waals surface area contributed by atoms with Gasteiger partial charge in [0, 0.05) is 36.1 Å². The smallest absolute Gasteiger partial charge is 0.194 e. The van der Waals surface area contributed by atoms with E-state index in [0.29, 0.717) is 18.5 Å². The van der Waals surface area contributed by atoms with E-state index in [0.717, 1.165) is 36.4 Å². The van der Waals surface area contributed by atoms with E-state index in [4.69, 9.17) is 0 Å². The maximum absolute atomic E-state index is 9.69. The second kappa shape index (κ2) is 6.36. The molecule has 1 heterocycles. The van der Waals surface area contributed by atoms with Crippen molar-refractivity contribution in [2.24, 2.45) is 4.99 Å². The number of aliphatic hydroxyl groups is 1. The second-order valence-corrected chi connectivity index (χ2v) is 6.75. The first-order chi connectivity index (χ1) is 10.2. The lowest BCUT2D eigenvalue weighted by Crippen LogP contribution is -2.42. The predicted molar refractivity (Wildman–Crippen MR) is 88.6 cm³/mol. The van der Waals surface area contributed by atoms with Crippen molar-refractivity contribution in [2.75, 3.05) is 19.6 Å². The van der Waals surface area contributed by atoms with Gasteiger partial charge >= 0.3 is 0 Å². The van der Waals surface area contributed by atoms with Crippen LogP contribution < -0.4 is 5.32 Å². The van der Waals surface area contributed by atoms with Crippen LogP contribution in [0.1, 0.15) is 31.2 Å². The Balaban J connectivity index is 1.60. The molecule has 2 unspecified atom stereocenters. The summed E-state index contributed by atoms with van der Waals surface area (Å²) in [7, 11) is 0. The highest BCUT2D eigenvalue weighted by Crippen LogP contribution is 2.41. The van der Waals surface area contributed by atoms with E-state index in [1.807, 2.05) is 6.92 Å². The number of rotatable bonds is 3. The zero-order valence-corrected chi connectivity index (χ0v) is 13.9. The SMILES string of the molecule is CCN=C(NC1CC1c1ccc(Br)cc1)N1CC[C@@H](O)C1. The summed E-state index contributed by atoms with van der Waals surface area (Å²) in [5.41, 5.74) is 1.38. The van der Waals surface area contributed by atoms with Gasteiger partial charge in [0.15, 0.2) is 5.96 Å². The number of likely N-dealkylation sites (tertiary alicyclic amines) is 1. The van der Waals surface area contributed by atoms with Gasteiger partial charge in [-0.3, -0.25) is 4.99 Å². The van der Waals surface area contributed by atoms with Crippen LogP contribution in [0.25, 0.3) is 0 Å². The summed E-state index contributed by atoms with van der Waals surface area (Å²) in [6.07, 6.45) is 1.78. The summed E-state index contributed by atoms with van der Waals surface area (Å²) in [5, 5.41) is 13.3. The van der Waals surface area contributed by atoms with Crippen LogP contribution in [-0.4, -0.2) is 47.7 Å². The van der Waals surface area contributed by atoms with Crippen LogP contribution in [0.4, 0.5) is 0 Å². The lowest BCUT2D eigenvalue weighted by Gasteiger charge is -2.21. The number of hydrogen-bond acceptors (Lipinski definition) is 2. The van der Waals surface area contributed by atoms with E-state index in [1.165, 1.54) is 5.56 Å². The average Bonchev–Trinajstić information content (AvgIpc) is 3.10. The molecule has 4 nitrogen and oxygen atoms in total. The molecule has 1 saturated heterocycles. The first kappa shape index (κ1) is 14.9. The molecule has 2 N–H and O–H groups in total. The number of aliphatic imine (C=N–C) groups is 1. The lowest BCUT2D eigenvalue weighted by atomic mass is 10.1. The number of benzene rings is 1. The third kappa shape index (κ3) is 3.58. The molecule has 0 radical (unpaired) electrons. The monoisotopic (exact) mass is 351 g/mol. The molecule has 3 atom stereocenters. The van der Waals surface area contributed by atoms with Crippen LogP contribution >= 0.6 is 15.9 Å². The Labute approximate surface area is 134 Å². The Morgan fingerprint density at radius 3 is 2.81 bits per heavy atom. The van der Waals surface area contributed by atoms with Crippen molar-refractivity contribution >= 4 is 21.9 Å². The van der Waals surface area contributed by atoms with E-state index in [9.17, 15) is 5.11 Å². The van der Waals surface area contributed by atoms with Gasteiger partial charge in [0.25, 0.3) is 0 Å². The van der Waals surface area contributed by atoms with Crippen molar-refractivity contribution in [3.05, 3.63) is 34.3 Å². The lowest BCUT2D eigenvalue weighted by molar-refractivity contribution is 0.187. The Morgan fingerprint density at radius 1 is 1.43 bits per heavy atom. The molecule has 2 aliphatic rings. The van der Waals surface area contributed by atoms with Crippen molar-refractivity contribution in [3.63, 3.8) is 0 Å². The van der Waals surface area contributed by atoms with Gasteiger partial charge in [0.2, 0.25) is 0 Å². The topological polar surface area (TPSA) is 47.9 Å². The fraction of sp³-hybridized carbons (Fsp3) is 0.562. The third-order valence-corrected chi connectivity index (χ3v) is 4.70. The number of nitrogens with zero attached hydrogens (tertiary/aromatic N) is 2. The van der Waals surface area contributed by atoms with E-state index in [2.05, 4.69) is 55.4 Å². The van der Waals surface area contributed by atoms with Crippen molar-refractivity contribution in [2.45, 2.75) is 37.8 Å². The molecule has 1 aliphatic carbocycles. The number of halogens is 1. The molecule has 2 fully saturated rings. The highest BCUT2D eigenvalue weighted by Gasteiger charge is 2.40. The minimum absolute atomic E-state index is 0.213. The molecular formula is C16H22BrN3O. The molecule has 0 spiro atoms. The van der Waals surface area contributed by atoms with E-state index in [-0.39, 0.29) is 6.10 Å². The van der Waals surface area contributed by atoms with Crippen molar-refractivity contribution in [1.29, 1.82) is 0 Å². The fourth-order valence-electron chi connectivity index (χ4n) is 2.92. The van der Waals surface area contributed by atoms with Gasteiger partial charge in [-0.05, 0) is 37.5 Å². The number of hydrogen-bond donors (Lipinski definition) is 2. The summed E-state index contributed by atoms with van der Waals surface area (Å²) in [6.45, 7) is 4.40. The van der Waals surface area contributed by atoms with Gasteiger partial charge in [-0.2, -0.15) is 0 Å². The maximum Gasteiger partial charge on any atom is 0.194 e. The van der Waals surface area contributed by atoms with Gasteiger partial charge in [0.05, 0.1) is 6.10 Å². The summed E-state index contributed by atoms with van der Waals surface area (Å²) in [6, 6.07) is 9.04. The molecule has 21 heavy (non-hydrogen) atoms. The highest BCUT2D eigenvalue weighted by atomic mass is 79.9. The van der Waals surface area contributed by atoms with E-state index in [1.54, 1.807) is 0 Å². The average molecular weight is 352 g/mol. The van der Waals surface area contributed by atoms with Crippen LogP contribution in [0.5, 0.6) is 0 Å². The molecule has 0 amide bonds. The number of aliphatic hydroxyl groups excluding tert-OH is 1. The molecular weight excluding hydrogens is 330 g/mol. The normalized spacial score (nSPS) is 28.8. The number of nitrogens with one attached hydrogen (secondary N) is 1. The molecule has 1 saturated carbocycles. The van der Waals surface area contributed by atoms with Crippen LogP contribution in [0, 0.1) is 0 Å². The van der Waals surface area contributed by atoms with Crippen molar-refractivity contribution in [1.82, 2.24) is 10.2 Å². The molecule has 1 aromatic carbocycles. The van der Waals surface area contributed by atoms with Gasteiger partial charge < -0.3 is 15.3 Å². The van der Waals surface area contributed by atoms with Gasteiger partial charge in [-0.25, -0.2) is 0 Å². The summed E-state index contributed by atoms with van der Waals surface area (Å²) in [5.74, 6) is 1.53. The molecule has 1 aliphatic heterocycles. The van der Waals surface area contributed by atoms with Crippen molar-refractivity contribution < 1.29 is 5.11 Å². The van der Waals surface area contributed by atoms with E-state index >= 15 is 0 Å². The Hall–Kier alpha value is -1.07. The quantitative estimate of drug-likeness (QED) is 0.649. The largest absolute Gasteiger partial charge is 0.391 e. The van der Waals surface area contributed by atoms with Gasteiger partial charge in [-0.15, -0.1) is 0 Å². The number of β-amino-alcohol motifs (C(OH)–C–C–N with tert-alkyl or cyclic N) is 1. The Kier molecular flexibility index (Phi) is 4.50. The van der Waals surface area contributed by atoms with E-state index < -0.39 is 0 Å². The zero-order valence-electron chi connectivity index (χ0n) is 12.3. The Morgan fingerprint density at radius 2 is 2.19 bits per heavy atom. The standard InChI is InChI=1S/C16H22BrN3O/c1-2-18-16(20-8-7-13(21)10-20)19-15-9-14(15)11-3-5-12(17)6-4-11/h3-6,13-15,21H,2,7-10H2,1H3,(H,18,19)/t13-,14?,15?/m1/s1. The Bertz CT molecular complexity index is 517. The fourth-order valence-corrected chi connectivity index (χ4v) is 3.18. The summed E-state index contributed by atoms with van der Waals surface area (Å²) >= 11 is 3.48. The van der Waals surface area contributed by atoms with Crippen LogP contribution in [0.15, 0.2) is 33.7 Å². The zero-order chi connectivity index (χ0) is 14.8. The molecule has 114 valence electrons. The molecule has 3 rings (SSSR count). The molecule has 5 heteroatoms. The van der Waals surface area contributed by atoms with Gasteiger partial charge in [0.1, 0.15) is 0 Å². The molecule has 0 aromatic heterocycles. The first-order valence-corrected chi connectivity index (χ1v) is 8.46. The van der Waals surface area contributed by atoms with Crippen LogP contribution in [0.2, 0.25) is 0 Å². The maximum atomic E-state index is 9.69. The first-order valence-electron chi connectivity index (χ1n) is 7.67. The second-order valence-electron chi connectivity index (χ2n) is 5.83. The van der Waals surface area contributed by atoms with Gasteiger partial charge in [-0.1, -0.05) is 28.1 Å². The summed E-state index contributed by atoms with van der Waals surface area (Å²) < 4.78 is 1.12. The minimum atomic E-state index is -0.213. The van der Waals surface area contributed by atoms with Crippen molar-refractivity contribution in [3.8, 4) is 0 Å². The molecule has 1 aromatic rings. The predicted octanol–water partition coefficient (Wildman–Crippen LogP) is 2.34. The molecule has 0 bridgehead atoms. The minimum Gasteiger partial charge on any atom is -0.391 e. The number of guanidine groups is 1.